The Balaban J connectivity index is 2.05. The van der Waals surface area contributed by atoms with Gasteiger partial charge < -0.3 is 10.4 Å². The largest absolute Gasteiger partial charge is 0.493 e. The molecule has 0 spiro atoms. The summed E-state index contributed by atoms with van der Waals surface area (Å²) < 4.78 is 0. The van der Waals surface area contributed by atoms with Crippen LogP contribution in [-0.2, 0) is 9.63 Å². The van der Waals surface area contributed by atoms with Crippen LogP contribution in [0.3, 0.4) is 0 Å². The van der Waals surface area contributed by atoms with Crippen molar-refractivity contribution in [2.45, 2.75) is 26.4 Å². The summed E-state index contributed by atoms with van der Waals surface area (Å²) in [7, 11) is 0. The molecule has 8 heteroatoms. The van der Waals surface area contributed by atoms with E-state index in [4.69, 9.17) is 10.1 Å². The molecule has 0 radical (unpaired) electrons. The summed E-state index contributed by atoms with van der Waals surface area (Å²) in [6.45, 7) is 6.16. The van der Waals surface area contributed by atoms with Crippen molar-refractivity contribution in [1.29, 1.82) is 5.26 Å². The summed E-state index contributed by atoms with van der Waals surface area (Å²) in [5.74, 6) is 0.0472. The van der Waals surface area contributed by atoms with Crippen LogP contribution >= 0.6 is 0 Å². The number of hydroxylamine groups is 2. The van der Waals surface area contributed by atoms with Gasteiger partial charge >= 0.3 is 0 Å². The van der Waals surface area contributed by atoms with Gasteiger partial charge in [0.15, 0.2) is 0 Å². The molecule has 0 atom stereocenters. The number of carbonyl (C=O) groups excluding carboxylic acids is 1. The van der Waals surface area contributed by atoms with Gasteiger partial charge in [-0.2, -0.15) is 10.2 Å². The number of aromatic hydroxyl groups is 1. The second-order valence-electron chi connectivity index (χ2n) is 6.50. The first-order valence-electron chi connectivity index (χ1n) is 8.04. The molecule has 2 rings (SSSR count). The molecule has 1 aromatic heterocycles. The third-order valence-corrected chi connectivity index (χ3v) is 3.15. The van der Waals surface area contributed by atoms with E-state index in [0.717, 1.165) is 5.56 Å². The molecule has 1 aromatic carbocycles. The van der Waals surface area contributed by atoms with Crippen molar-refractivity contribution in [2.75, 3.05) is 18.4 Å². The number of nitrogens with zero attached hydrogens (tertiary/aromatic N) is 4. The summed E-state index contributed by atoms with van der Waals surface area (Å²) in [5, 5.41) is 22.8. The van der Waals surface area contributed by atoms with Crippen molar-refractivity contribution in [3.63, 3.8) is 0 Å². The number of nitriles is 1. The van der Waals surface area contributed by atoms with Crippen molar-refractivity contribution in [2.24, 2.45) is 0 Å². The van der Waals surface area contributed by atoms with Crippen LogP contribution in [0.25, 0.3) is 11.3 Å². The number of aromatic nitrogens is 2. The van der Waals surface area contributed by atoms with Crippen LogP contribution in [0.15, 0.2) is 30.3 Å². The van der Waals surface area contributed by atoms with Gasteiger partial charge in [-0.3, -0.25) is 9.63 Å². The molecule has 0 bridgehead atoms. The van der Waals surface area contributed by atoms with Crippen molar-refractivity contribution in [3.05, 3.63) is 35.9 Å². The van der Waals surface area contributed by atoms with E-state index in [-0.39, 0.29) is 18.4 Å². The molecule has 0 saturated carbocycles. The van der Waals surface area contributed by atoms with Crippen LogP contribution in [0.5, 0.6) is 5.88 Å². The van der Waals surface area contributed by atoms with Crippen LogP contribution in [-0.4, -0.2) is 45.2 Å². The molecule has 26 heavy (non-hydrogen) atoms. The van der Waals surface area contributed by atoms with E-state index >= 15 is 0 Å². The molecular weight excluding hydrogens is 334 g/mol. The van der Waals surface area contributed by atoms with Crippen molar-refractivity contribution >= 4 is 12.4 Å². The zero-order valence-corrected chi connectivity index (χ0v) is 14.9. The first kappa shape index (κ1) is 19.1. The number of amides is 1. The predicted octanol–water partition coefficient (Wildman–Crippen LogP) is 2.32. The second kappa shape index (κ2) is 8.27. The zero-order valence-electron chi connectivity index (χ0n) is 14.9. The molecule has 2 N–H and O–H groups in total. The van der Waals surface area contributed by atoms with Gasteiger partial charge in [-0.1, -0.05) is 12.1 Å². The predicted molar refractivity (Wildman–Crippen MR) is 95.9 cm³/mol. The zero-order chi connectivity index (χ0) is 19.2. The smallest absolute Gasteiger partial charge is 0.233 e. The highest BCUT2D eigenvalue weighted by Gasteiger charge is 2.16. The molecule has 136 valence electrons. The molecule has 0 saturated heterocycles. The van der Waals surface area contributed by atoms with Crippen LogP contribution in [0.2, 0.25) is 0 Å². The van der Waals surface area contributed by atoms with Gasteiger partial charge in [-0.25, -0.2) is 10.0 Å². The minimum absolute atomic E-state index is 0.181. The number of hydrogen-bond donors (Lipinski definition) is 2. The molecule has 0 aliphatic rings. The summed E-state index contributed by atoms with van der Waals surface area (Å²) in [6, 6.07) is 10.3. The number of benzene rings is 1. The van der Waals surface area contributed by atoms with E-state index in [1.807, 2.05) is 26.8 Å². The highest BCUT2D eigenvalue weighted by Crippen LogP contribution is 2.22. The lowest BCUT2D eigenvalue weighted by molar-refractivity contribution is -0.214. The molecule has 0 aliphatic carbocycles. The van der Waals surface area contributed by atoms with E-state index in [2.05, 4.69) is 15.3 Å². The Morgan fingerprint density at radius 3 is 2.58 bits per heavy atom. The standard InChI is InChI=1S/C18H21N5O3/c1-18(2,3)26-23(12-24)9-8-20-17-21-15(10-16(25)22-17)14-6-4-13(11-19)5-7-14/h4-7,10,12H,8-9H2,1-3H3,(H2,20,21,22,25). The summed E-state index contributed by atoms with van der Waals surface area (Å²) in [5.41, 5.74) is 1.32. The van der Waals surface area contributed by atoms with Crippen LogP contribution in [0.1, 0.15) is 26.3 Å². The van der Waals surface area contributed by atoms with Crippen molar-refractivity contribution < 1.29 is 14.7 Å². The quantitative estimate of drug-likeness (QED) is 0.579. The van der Waals surface area contributed by atoms with Crippen LogP contribution < -0.4 is 5.32 Å². The number of nitrogens with one attached hydrogen (secondary N) is 1. The van der Waals surface area contributed by atoms with Crippen LogP contribution in [0, 0.1) is 11.3 Å². The summed E-state index contributed by atoms with van der Waals surface area (Å²) >= 11 is 0. The van der Waals surface area contributed by atoms with E-state index in [9.17, 15) is 9.90 Å². The lowest BCUT2D eigenvalue weighted by atomic mass is 10.1. The molecule has 0 aliphatic heterocycles. The van der Waals surface area contributed by atoms with Crippen LogP contribution in [0.4, 0.5) is 5.95 Å². The highest BCUT2D eigenvalue weighted by molar-refractivity contribution is 5.62. The fourth-order valence-corrected chi connectivity index (χ4v) is 2.13. The molecular formula is C18H21N5O3. The second-order valence-corrected chi connectivity index (χ2v) is 6.50. The first-order chi connectivity index (χ1) is 12.3. The Bertz CT molecular complexity index is 794. The normalized spacial score (nSPS) is 10.8. The maximum atomic E-state index is 11.0. The maximum Gasteiger partial charge on any atom is 0.233 e. The lowest BCUT2D eigenvalue weighted by Crippen LogP contribution is -2.36. The first-order valence-corrected chi connectivity index (χ1v) is 8.04. The number of anilines is 1. The number of hydrogen-bond acceptors (Lipinski definition) is 7. The Labute approximate surface area is 152 Å². The van der Waals surface area contributed by atoms with Gasteiger partial charge in [-0.05, 0) is 32.9 Å². The van der Waals surface area contributed by atoms with Gasteiger partial charge in [0, 0.05) is 18.2 Å². The van der Waals surface area contributed by atoms with Crippen molar-refractivity contribution in [1.82, 2.24) is 15.0 Å². The minimum Gasteiger partial charge on any atom is -0.493 e. The molecule has 1 amide bonds. The average Bonchev–Trinajstić information content (AvgIpc) is 2.59. The highest BCUT2D eigenvalue weighted by atomic mass is 16.7. The monoisotopic (exact) mass is 355 g/mol. The van der Waals surface area contributed by atoms with Gasteiger partial charge in [0.2, 0.25) is 18.2 Å². The maximum absolute atomic E-state index is 11.0. The minimum atomic E-state index is -0.481. The number of carbonyl (C=O) groups is 1. The van der Waals surface area contributed by atoms with Gasteiger partial charge in [0.25, 0.3) is 0 Å². The average molecular weight is 355 g/mol. The Kier molecular flexibility index (Phi) is 6.09. The molecule has 8 nitrogen and oxygen atoms in total. The molecule has 1 heterocycles. The van der Waals surface area contributed by atoms with Gasteiger partial charge in [0.1, 0.15) is 0 Å². The lowest BCUT2D eigenvalue weighted by Gasteiger charge is -2.26. The van der Waals surface area contributed by atoms with E-state index in [1.54, 1.807) is 24.3 Å². The van der Waals surface area contributed by atoms with Gasteiger partial charge in [-0.15, -0.1) is 0 Å². The Hall–Kier alpha value is -3.18. The van der Waals surface area contributed by atoms with Crippen molar-refractivity contribution in [3.8, 4) is 23.2 Å². The topological polar surface area (TPSA) is 111 Å². The summed E-state index contributed by atoms with van der Waals surface area (Å²) in [4.78, 5) is 24.8. The molecule has 0 fully saturated rings. The Morgan fingerprint density at radius 1 is 1.31 bits per heavy atom. The van der Waals surface area contributed by atoms with E-state index in [0.29, 0.717) is 24.2 Å². The fourth-order valence-electron chi connectivity index (χ4n) is 2.13. The van der Waals surface area contributed by atoms with E-state index < -0.39 is 5.60 Å². The third-order valence-electron chi connectivity index (χ3n) is 3.15. The fraction of sp³-hybridized carbons (Fsp3) is 0.333. The van der Waals surface area contributed by atoms with E-state index in [1.165, 1.54) is 11.1 Å². The third kappa shape index (κ3) is 5.72. The SMILES string of the molecule is CC(C)(C)ON(C=O)CCNc1nc(O)cc(-c2ccc(C#N)cc2)n1. The molecule has 0 unspecified atom stereocenters. The summed E-state index contributed by atoms with van der Waals surface area (Å²) in [6.07, 6.45) is 0.610. The molecule has 2 aromatic rings. The Morgan fingerprint density at radius 2 is 2.00 bits per heavy atom. The number of rotatable bonds is 7. The van der Waals surface area contributed by atoms with Gasteiger partial charge in [0.05, 0.1) is 29.5 Å².